The molecule has 4 N–H and O–H groups in total. The van der Waals surface area contributed by atoms with Crippen LogP contribution in [0.3, 0.4) is 0 Å². The first-order chi connectivity index (χ1) is 14.3. The first-order valence-corrected chi connectivity index (χ1v) is 10.9. The quantitative estimate of drug-likeness (QED) is 0.474. The van der Waals surface area contributed by atoms with Crippen LogP contribution in [0.2, 0.25) is 0 Å². The Morgan fingerprint density at radius 3 is 2.87 bits per heavy atom. The lowest BCUT2D eigenvalue weighted by Crippen LogP contribution is -2.55. The highest BCUT2D eigenvalue weighted by Gasteiger charge is 2.44. The summed E-state index contributed by atoms with van der Waals surface area (Å²) in [4.78, 5) is 21.7. The van der Waals surface area contributed by atoms with Crippen molar-refractivity contribution in [3.8, 4) is 0 Å². The van der Waals surface area contributed by atoms with Crippen molar-refractivity contribution in [3.63, 3.8) is 0 Å². The lowest BCUT2D eigenvalue weighted by molar-refractivity contribution is -0.0554. The minimum absolute atomic E-state index is 0.0389. The highest BCUT2D eigenvalue weighted by Crippen LogP contribution is 2.34. The predicted octanol–water partition coefficient (Wildman–Crippen LogP) is 4.87. The molecule has 3 heterocycles. The van der Waals surface area contributed by atoms with Gasteiger partial charge in [-0.2, -0.15) is 0 Å². The van der Waals surface area contributed by atoms with Gasteiger partial charge in [0.2, 0.25) is 0 Å². The number of halogens is 4. The van der Waals surface area contributed by atoms with Gasteiger partial charge in [0, 0.05) is 28.6 Å². The van der Waals surface area contributed by atoms with E-state index in [9.17, 15) is 22.4 Å². The van der Waals surface area contributed by atoms with Gasteiger partial charge < -0.3 is 16.4 Å². The van der Waals surface area contributed by atoms with E-state index in [0.717, 1.165) is 11.3 Å². The molecular formula is C18H17F4N5OS2. The van der Waals surface area contributed by atoms with E-state index in [0.29, 0.717) is 17.7 Å². The highest BCUT2D eigenvalue weighted by atomic mass is 32.1. The van der Waals surface area contributed by atoms with E-state index in [1.165, 1.54) is 33.7 Å². The zero-order valence-corrected chi connectivity index (χ0v) is 17.0. The van der Waals surface area contributed by atoms with Crippen LogP contribution >= 0.6 is 22.7 Å². The molecule has 0 unspecified atom stereocenters. The zero-order chi connectivity index (χ0) is 21.5. The second-order valence-corrected chi connectivity index (χ2v) is 8.59. The largest absolute Gasteiger partial charge is 0.364 e. The number of carbonyl (C=O) groups excluding carboxylic acids is 1. The maximum atomic E-state index is 13.9. The molecule has 1 fully saturated rings. The minimum Gasteiger partial charge on any atom is -0.364 e. The average molecular weight is 459 g/mol. The van der Waals surface area contributed by atoms with Crippen molar-refractivity contribution in [1.82, 2.24) is 9.97 Å². The monoisotopic (exact) mass is 459 g/mol. The summed E-state index contributed by atoms with van der Waals surface area (Å²) in [7, 11) is 0. The molecule has 12 heteroatoms. The number of nitrogens with zero attached hydrogens (tertiary/aromatic N) is 2. The number of fused-ring (bicyclic) bond motifs is 1. The molecule has 30 heavy (non-hydrogen) atoms. The van der Waals surface area contributed by atoms with Crippen molar-refractivity contribution in [2.45, 2.75) is 43.7 Å². The molecule has 1 aliphatic rings. The molecule has 0 spiro atoms. The van der Waals surface area contributed by atoms with Crippen LogP contribution in [0.15, 0.2) is 22.3 Å². The van der Waals surface area contributed by atoms with E-state index in [-0.39, 0.29) is 34.6 Å². The number of amides is 1. The van der Waals surface area contributed by atoms with Gasteiger partial charge in [0.1, 0.15) is 16.2 Å². The standard InChI is InChI=1S/C18H17F4N5OS2/c19-15(20)8-5-29-7-11(8)26-16(28)9-6-30-17-13(9)27-12(4-24-17)25-10-2-1-3-18(21,22)14(10)23/h4-7,10,14-15H,1-3,23H2,(H,25,27)(H,26,28)/t10-,14-/m1/s1. The number of alkyl halides is 4. The molecule has 3 aromatic rings. The van der Waals surface area contributed by atoms with Gasteiger partial charge in [-0.1, -0.05) is 0 Å². The van der Waals surface area contributed by atoms with Gasteiger partial charge in [-0.25, -0.2) is 27.5 Å². The minimum atomic E-state index is -2.97. The third-order valence-electron chi connectivity index (χ3n) is 4.98. The number of anilines is 2. The Balaban J connectivity index is 1.57. The Hall–Kier alpha value is -2.31. The van der Waals surface area contributed by atoms with Crippen molar-refractivity contribution in [3.05, 3.63) is 33.5 Å². The van der Waals surface area contributed by atoms with Crippen molar-refractivity contribution in [2.75, 3.05) is 10.6 Å². The number of hydrogen-bond donors (Lipinski definition) is 3. The predicted molar refractivity (Wildman–Crippen MR) is 109 cm³/mol. The number of hydrogen-bond acceptors (Lipinski definition) is 7. The van der Waals surface area contributed by atoms with Crippen LogP contribution in [0.5, 0.6) is 0 Å². The molecule has 0 aromatic carbocycles. The topological polar surface area (TPSA) is 92.9 Å². The molecule has 160 valence electrons. The summed E-state index contributed by atoms with van der Waals surface area (Å²) in [6, 6.07) is -2.05. The second kappa shape index (κ2) is 8.08. The molecule has 1 amide bonds. The van der Waals surface area contributed by atoms with Crippen LogP contribution in [0.1, 0.15) is 41.6 Å². The Morgan fingerprint density at radius 2 is 2.10 bits per heavy atom. The first kappa shape index (κ1) is 20.9. The fraction of sp³-hybridized carbons (Fsp3) is 0.389. The van der Waals surface area contributed by atoms with Gasteiger partial charge >= 0.3 is 0 Å². The maximum absolute atomic E-state index is 13.9. The molecule has 1 aliphatic carbocycles. The van der Waals surface area contributed by atoms with Crippen LogP contribution in [0, 0.1) is 0 Å². The smallest absolute Gasteiger partial charge is 0.266 e. The van der Waals surface area contributed by atoms with E-state index in [1.54, 1.807) is 0 Å². The first-order valence-electron chi connectivity index (χ1n) is 9.06. The molecule has 0 bridgehead atoms. The normalized spacial score (nSPS) is 21.1. The lowest BCUT2D eigenvalue weighted by atomic mass is 9.87. The molecule has 6 nitrogen and oxygen atoms in total. The van der Waals surface area contributed by atoms with Gasteiger partial charge in [0.05, 0.1) is 29.1 Å². The maximum Gasteiger partial charge on any atom is 0.266 e. The fourth-order valence-electron chi connectivity index (χ4n) is 3.36. The van der Waals surface area contributed by atoms with Gasteiger partial charge in [-0.05, 0) is 12.8 Å². The van der Waals surface area contributed by atoms with Crippen molar-refractivity contribution >= 4 is 50.4 Å². The summed E-state index contributed by atoms with van der Waals surface area (Å²) in [5, 5.41) is 9.61. The van der Waals surface area contributed by atoms with Crippen molar-refractivity contribution in [1.29, 1.82) is 0 Å². The third kappa shape index (κ3) is 3.98. The van der Waals surface area contributed by atoms with Crippen LogP contribution < -0.4 is 16.4 Å². The number of rotatable bonds is 5. The summed E-state index contributed by atoms with van der Waals surface area (Å²) in [5.41, 5.74) is 5.91. The molecular weight excluding hydrogens is 442 g/mol. The average Bonchev–Trinajstić information content (AvgIpc) is 3.32. The summed E-state index contributed by atoms with van der Waals surface area (Å²) < 4.78 is 53.8. The van der Waals surface area contributed by atoms with Gasteiger partial charge in [0.15, 0.2) is 0 Å². The molecule has 2 atom stereocenters. The molecule has 4 rings (SSSR count). The van der Waals surface area contributed by atoms with E-state index < -0.39 is 30.3 Å². The Labute approximate surface area is 176 Å². The summed E-state index contributed by atoms with van der Waals surface area (Å²) in [5.74, 6) is -3.35. The van der Waals surface area contributed by atoms with E-state index in [1.807, 2.05) is 0 Å². The van der Waals surface area contributed by atoms with E-state index >= 15 is 0 Å². The molecule has 0 radical (unpaired) electrons. The number of thiophene rings is 2. The van der Waals surface area contributed by atoms with Gasteiger partial charge in [-0.3, -0.25) is 4.79 Å². The molecule has 0 saturated heterocycles. The Bertz CT molecular complexity index is 1070. The third-order valence-corrected chi connectivity index (χ3v) is 6.62. The fourth-order valence-corrected chi connectivity index (χ4v) is 4.96. The summed E-state index contributed by atoms with van der Waals surface area (Å²) in [6.45, 7) is 0. The molecule has 0 aliphatic heterocycles. The van der Waals surface area contributed by atoms with Gasteiger partial charge in [0.25, 0.3) is 18.3 Å². The number of aromatic nitrogens is 2. The lowest BCUT2D eigenvalue weighted by Gasteiger charge is -2.36. The molecule has 3 aromatic heterocycles. The SMILES string of the molecule is N[C@@H]1[C@H](Nc2cnc3scc(C(=O)Nc4cscc4C(F)F)c3n2)CCCC1(F)F. The zero-order valence-electron chi connectivity index (χ0n) is 15.4. The number of nitrogens with two attached hydrogens (primary N) is 1. The molecule has 1 saturated carbocycles. The van der Waals surface area contributed by atoms with Crippen LogP contribution in [-0.2, 0) is 0 Å². The van der Waals surface area contributed by atoms with Crippen molar-refractivity contribution in [2.24, 2.45) is 5.73 Å². The van der Waals surface area contributed by atoms with Crippen LogP contribution in [-0.4, -0.2) is 33.9 Å². The highest BCUT2D eigenvalue weighted by molar-refractivity contribution is 7.17. The number of nitrogens with one attached hydrogen (secondary N) is 2. The second-order valence-electron chi connectivity index (χ2n) is 6.98. The van der Waals surface area contributed by atoms with E-state index in [2.05, 4.69) is 20.6 Å². The van der Waals surface area contributed by atoms with Crippen LogP contribution in [0.25, 0.3) is 10.3 Å². The van der Waals surface area contributed by atoms with E-state index in [4.69, 9.17) is 5.73 Å². The van der Waals surface area contributed by atoms with Crippen molar-refractivity contribution < 1.29 is 22.4 Å². The summed E-state index contributed by atoms with van der Waals surface area (Å²) >= 11 is 2.22. The Morgan fingerprint density at radius 1 is 1.30 bits per heavy atom. The Kier molecular flexibility index (Phi) is 5.64. The number of carbonyl (C=O) groups is 1. The van der Waals surface area contributed by atoms with Crippen LogP contribution in [0.4, 0.5) is 29.1 Å². The van der Waals surface area contributed by atoms with Gasteiger partial charge in [-0.15, -0.1) is 22.7 Å². The summed E-state index contributed by atoms with van der Waals surface area (Å²) in [6.07, 6.45) is -0.780.